The molecule has 1 fully saturated rings. The van der Waals surface area contributed by atoms with E-state index in [-0.39, 0.29) is 12.5 Å². The molecule has 1 aliphatic heterocycles. The van der Waals surface area contributed by atoms with Crippen LogP contribution in [0.2, 0.25) is 0 Å². The topological polar surface area (TPSA) is 149 Å². The average Bonchev–Trinajstić information content (AvgIpc) is 2.99. The van der Waals surface area contributed by atoms with Crippen molar-refractivity contribution in [3.05, 3.63) is 24.3 Å². The van der Waals surface area contributed by atoms with Crippen LogP contribution < -0.4 is 5.32 Å². The van der Waals surface area contributed by atoms with Gasteiger partial charge in [-0.05, 0) is 32.1 Å². The number of unbranched alkanes of at least 4 members (excludes halogenated alkanes) is 13. The first-order valence-electron chi connectivity index (χ1n) is 16.6. The van der Waals surface area contributed by atoms with Gasteiger partial charge in [-0.25, -0.2) is 0 Å². The average molecular weight is 600 g/mol. The lowest BCUT2D eigenvalue weighted by molar-refractivity contribution is -0.302. The van der Waals surface area contributed by atoms with E-state index in [0.717, 1.165) is 25.7 Å². The summed E-state index contributed by atoms with van der Waals surface area (Å²) in [6.45, 7) is 3.47. The molecule has 0 aliphatic carbocycles. The minimum atomic E-state index is -1.56. The Bertz CT molecular complexity index is 716. The lowest BCUT2D eigenvalue weighted by Gasteiger charge is -2.40. The summed E-state index contributed by atoms with van der Waals surface area (Å²) in [6, 6.07) is -0.811. The highest BCUT2D eigenvalue weighted by molar-refractivity contribution is 5.76. The molecule has 0 aromatic heterocycles. The molecule has 1 heterocycles. The van der Waals surface area contributed by atoms with Crippen LogP contribution in [0.1, 0.15) is 123 Å². The van der Waals surface area contributed by atoms with E-state index in [1.54, 1.807) is 6.08 Å². The maximum atomic E-state index is 12.4. The number of amides is 1. The Labute approximate surface area is 254 Å². The van der Waals surface area contributed by atoms with Crippen molar-refractivity contribution in [3.63, 3.8) is 0 Å². The van der Waals surface area contributed by atoms with Crippen LogP contribution in [0.5, 0.6) is 0 Å². The van der Waals surface area contributed by atoms with Crippen LogP contribution in [0.3, 0.4) is 0 Å². The van der Waals surface area contributed by atoms with Gasteiger partial charge >= 0.3 is 0 Å². The summed E-state index contributed by atoms with van der Waals surface area (Å²) < 4.78 is 11.0. The van der Waals surface area contributed by atoms with Crippen LogP contribution in [-0.2, 0) is 14.3 Å². The van der Waals surface area contributed by atoms with Gasteiger partial charge in [0.05, 0.1) is 25.4 Å². The van der Waals surface area contributed by atoms with Crippen LogP contribution >= 0.6 is 0 Å². The largest absolute Gasteiger partial charge is 0.394 e. The highest BCUT2D eigenvalue weighted by Gasteiger charge is 2.44. The number of carbonyl (C=O) groups excluding carboxylic acids is 1. The third-order valence-electron chi connectivity index (χ3n) is 7.78. The number of allylic oxidation sites excluding steroid dienone is 3. The first kappa shape index (κ1) is 38.7. The third-order valence-corrected chi connectivity index (χ3v) is 7.78. The van der Waals surface area contributed by atoms with Crippen molar-refractivity contribution in [1.82, 2.24) is 5.32 Å². The van der Waals surface area contributed by atoms with E-state index in [2.05, 4.69) is 24.4 Å². The van der Waals surface area contributed by atoms with Gasteiger partial charge in [-0.15, -0.1) is 0 Å². The molecule has 0 saturated carbocycles. The first-order chi connectivity index (χ1) is 20.3. The minimum absolute atomic E-state index is 0.203. The SMILES string of the molecule is CCCCCCCCCCCCC/C=C/CC/C=C/C(O)C(COC1OC(CO)C(O)C(O)C1O)NC(=O)CCCC. The number of carbonyl (C=O) groups is 1. The van der Waals surface area contributed by atoms with Crippen molar-refractivity contribution in [3.8, 4) is 0 Å². The Hall–Kier alpha value is -1.33. The molecule has 0 bridgehead atoms. The van der Waals surface area contributed by atoms with Gasteiger partial charge in [-0.2, -0.15) is 0 Å². The van der Waals surface area contributed by atoms with Crippen molar-refractivity contribution in [2.45, 2.75) is 166 Å². The maximum Gasteiger partial charge on any atom is 0.220 e. The molecule has 1 aliphatic rings. The Morgan fingerprint density at radius 3 is 1.98 bits per heavy atom. The highest BCUT2D eigenvalue weighted by Crippen LogP contribution is 2.22. The van der Waals surface area contributed by atoms with E-state index in [1.165, 1.54) is 70.6 Å². The molecule has 0 spiro atoms. The Morgan fingerprint density at radius 1 is 0.786 bits per heavy atom. The molecule has 0 aromatic rings. The van der Waals surface area contributed by atoms with Gasteiger partial charge in [0.1, 0.15) is 24.4 Å². The number of nitrogens with one attached hydrogen (secondary N) is 1. The summed E-state index contributed by atoms with van der Waals surface area (Å²) in [5.74, 6) is -0.225. The van der Waals surface area contributed by atoms with Gasteiger partial charge < -0.3 is 40.3 Å². The molecule has 0 radical (unpaired) electrons. The lowest BCUT2D eigenvalue weighted by Crippen LogP contribution is -2.60. The molecule has 9 nitrogen and oxygen atoms in total. The summed E-state index contributed by atoms with van der Waals surface area (Å²) in [6.07, 6.45) is 19.1. The second-order valence-electron chi connectivity index (χ2n) is 11.6. The van der Waals surface area contributed by atoms with Gasteiger partial charge in [-0.3, -0.25) is 4.79 Å². The zero-order valence-electron chi connectivity index (χ0n) is 26.2. The molecule has 1 amide bonds. The number of aliphatic hydroxyl groups excluding tert-OH is 5. The van der Waals surface area contributed by atoms with Crippen molar-refractivity contribution in [2.24, 2.45) is 0 Å². The number of ether oxygens (including phenoxy) is 2. The van der Waals surface area contributed by atoms with Crippen molar-refractivity contribution in [1.29, 1.82) is 0 Å². The Balaban J connectivity index is 2.36. The van der Waals surface area contributed by atoms with E-state index in [4.69, 9.17) is 9.47 Å². The fraction of sp³-hybridized carbons (Fsp3) is 0.848. The lowest BCUT2D eigenvalue weighted by atomic mass is 9.99. The predicted molar refractivity (Wildman–Crippen MR) is 166 cm³/mol. The number of hydrogen-bond donors (Lipinski definition) is 6. The molecule has 6 N–H and O–H groups in total. The first-order valence-corrected chi connectivity index (χ1v) is 16.6. The zero-order valence-corrected chi connectivity index (χ0v) is 26.2. The Kier molecular flexibility index (Phi) is 23.1. The monoisotopic (exact) mass is 599 g/mol. The second-order valence-corrected chi connectivity index (χ2v) is 11.6. The second kappa shape index (κ2) is 25.0. The summed E-state index contributed by atoms with van der Waals surface area (Å²) in [7, 11) is 0. The van der Waals surface area contributed by atoms with Crippen molar-refractivity contribution >= 4 is 5.91 Å². The van der Waals surface area contributed by atoms with Gasteiger partial charge in [-0.1, -0.05) is 109 Å². The normalized spacial score (nSPS) is 24.4. The van der Waals surface area contributed by atoms with Gasteiger partial charge in [0.2, 0.25) is 5.91 Å². The Morgan fingerprint density at radius 2 is 1.36 bits per heavy atom. The van der Waals surface area contributed by atoms with Crippen molar-refractivity contribution < 1.29 is 39.8 Å². The smallest absolute Gasteiger partial charge is 0.220 e. The maximum absolute atomic E-state index is 12.4. The summed E-state index contributed by atoms with van der Waals surface area (Å²) in [5, 5.41) is 53.1. The molecular weight excluding hydrogens is 538 g/mol. The molecule has 42 heavy (non-hydrogen) atoms. The van der Waals surface area contributed by atoms with Crippen LogP contribution in [0, 0.1) is 0 Å². The number of aliphatic hydroxyl groups is 5. The van der Waals surface area contributed by atoms with Gasteiger partial charge in [0, 0.05) is 6.42 Å². The fourth-order valence-corrected chi connectivity index (χ4v) is 4.97. The summed E-state index contributed by atoms with van der Waals surface area (Å²) in [4.78, 5) is 12.4. The fourth-order valence-electron chi connectivity index (χ4n) is 4.97. The molecule has 7 unspecified atom stereocenters. The molecule has 1 saturated heterocycles. The number of rotatable bonds is 25. The van der Waals surface area contributed by atoms with E-state index >= 15 is 0 Å². The van der Waals surface area contributed by atoms with E-state index in [0.29, 0.717) is 12.8 Å². The molecule has 7 atom stereocenters. The van der Waals surface area contributed by atoms with E-state index in [9.17, 15) is 30.3 Å². The molecule has 9 heteroatoms. The predicted octanol–water partition coefficient (Wildman–Crippen LogP) is 4.43. The number of hydrogen-bond acceptors (Lipinski definition) is 8. The van der Waals surface area contributed by atoms with E-state index in [1.807, 2.05) is 13.0 Å². The van der Waals surface area contributed by atoms with Gasteiger partial charge in [0.15, 0.2) is 6.29 Å². The van der Waals surface area contributed by atoms with Crippen molar-refractivity contribution in [2.75, 3.05) is 13.2 Å². The van der Waals surface area contributed by atoms with E-state index < -0.39 is 49.5 Å². The standard InChI is InChI=1S/C33H61NO8/c1-3-5-7-8-9-10-11-12-13-14-15-16-17-18-19-20-21-22-27(36)26(34-29(37)23-6-4-2)25-41-33-32(40)31(39)30(38)28(24-35)42-33/h17-18,21-22,26-28,30-33,35-36,38-40H,3-16,19-20,23-25H2,1-2H3,(H,34,37)/b18-17+,22-21+. The van der Waals surface area contributed by atoms with Crippen LogP contribution in [0.4, 0.5) is 0 Å². The quantitative estimate of drug-likeness (QED) is 0.0667. The molecular formula is C33H61NO8. The third kappa shape index (κ3) is 17.1. The summed E-state index contributed by atoms with van der Waals surface area (Å²) in [5.41, 5.74) is 0. The van der Waals surface area contributed by atoms with Crippen LogP contribution in [0.15, 0.2) is 24.3 Å². The molecule has 1 rings (SSSR count). The molecule has 0 aromatic carbocycles. The van der Waals surface area contributed by atoms with Crippen LogP contribution in [0.25, 0.3) is 0 Å². The zero-order chi connectivity index (χ0) is 31.0. The van der Waals surface area contributed by atoms with Gasteiger partial charge in [0.25, 0.3) is 0 Å². The highest BCUT2D eigenvalue weighted by atomic mass is 16.7. The minimum Gasteiger partial charge on any atom is -0.394 e. The van der Waals surface area contributed by atoms with Crippen LogP contribution in [-0.4, -0.2) is 87.5 Å². The molecule has 246 valence electrons. The summed E-state index contributed by atoms with van der Waals surface area (Å²) >= 11 is 0.